The molecule has 2 aromatic carbocycles. The van der Waals surface area contributed by atoms with Gasteiger partial charge in [-0.05, 0) is 55.2 Å². The van der Waals surface area contributed by atoms with E-state index in [-0.39, 0.29) is 11.9 Å². The lowest BCUT2D eigenvalue weighted by molar-refractivity contribution is -0.135. The van der Waals surface area contributed by atoms with Crippen molar-refractivity contribution in [3.05, 3.63) is 58.4 Å². The first-order valence-electron chi connectivity index (χ1n) is 8.50. The third-order valence-electron chi connectivity index (χ3n) is 4.63. The minimum atomic E-state index is -0.447. The second kappa shape index (κ2) is 6.33. The topological polar surface area (TPSA) is 65.7 Å². The van der Waals surface area contributed by atoms with Crippen LogP contribution in [0, 0.1) is 12.8 Å². The predicted molar refractivity (Wildman–Crippen MR) is 97.6 cm³/mol. The van der Waals surface area contributed by atoms with Crippen LogP contribution in [0.5, 0.6) is 11.5 Å². The highest BCUT2D eigenvalue weighted by atomic mass is 16.5. The van der Waals surface area contributed by atoms with Crippen LogP contribution in [0.4, 0.5) is 0 Å². The summed E-state index contributed by atoms with van der Waals surface area (Å²) in [6.45, 7) is 1.79. The zero-order valence-electron chi connectivity index (χ0n) is 14.6. The van der Waals surface area contributed by atoms with Gasteiger partial charge < -0.3 is 13.9 Å². The zero-order valence-corrected chi connectivity index (χ0v) is 14.6. The van der Waals surface area contributed by atoms with E-state index in [4.69, 9.17) is 13.9 Å². The average molecular weight is 350 g/mol. The fourth-order valence-corrected chi connectivity index (χ4v) is 2.97. The molecule has 0 aliphatic heterocycles. The highest BCUT2D eigenvalue weighted by Gasteiger charge is 2.32. The first kappa shape index (κ1) is 16.4. The summed E-state index contributed by atoms with van der Waals surface area (Å²) in [5.41, 5.74) is 2.28. The largest absolute Gasteiger partial charge is 0.497 e. The number of carbonyl (C=O) groups is 1. The Morgan fingerprint density at radius 3 is 2.50 bits per heavy atom. The van der Waals surface area contributed by atoms with Crippen LogP contribution in [-0.2, 0) is 4.79 Å². The zero-order chi connectivity index (χ0) is 18.3. The summed E-state index contributed by atoms with van der Waals surface area (Å²) < 4.78 is 16.1. The third kappa shape index (κ3) is 2.96. The molecule has 0 radical (unpaired) electrons. The van der Waals surface area contributed by atoms with Crippen LogP contribution in [0.15, 0.2) is 51.7 Å². The van der Waals surface area contributed by atoms with E-state index in [1.54, 1.807) is 20.1 Å². The lowest BCUT2D eigenvalue weighted by Gasteiger charge is -2.11. The highest BCUT2D eigenvalue weighted by Crippen LogP contribution is 2.35. The molecule has 0 amide bonds. The number of methoxy groups -OCH3 is 1. The molecule has 0 N–H and O–H groups in total. The van der Waals surface area contributed by atoms with Gasteiger partial charge in [-0.25, -0.2) is 4.79 Å². The Hall–Kier alpha value is -3.08. The van der Waals surface area contributed by atoms with Crippen LogP contribution in [0.25, 0.3) is 22.1 Å². The van der Waals surface area contributed by atoms with Gasteiger partial charge in [0.1, 0.15) is 17.1 Å². The number of carbonyl (C=O) groups excluding carboxylic acids is 1. The average Bonchev–Trinajstić information content (AvgIpc) is 3.49. The Kier molecular flexibility index (Phi) is 3.99. The summed E-state index contributed by atoms with van der Waals surface area (Å²) in [6, 6.07) is 12.5. The number of esters is 1. The van der Waals surface area contributed by atoms with Gasteiger partial charge in [0.2, 0.25) is 0 Å². The molecule has 3 aromatic rings. The Balaban J connectivity index is 1.82. The van der Waals surface area contributed by atoms with Gasteiger partial charge >= 0.3 is 11.6 Å². The van der Waals surface area contributed by atoms with Crippen molar-refractivity contribution in [1.82, 2.24) is 0 Å². The Bertz CT molecular complexity index is 1040. The molecule has 0 spiro atoms. The minimum Gasteiger partial charge on any atom is -0.497 e. The van der Waals surface area contributed by atoms with Crippen LogP contribution in [0.2, 0.25) is 0 Å². The van der Waals surface area contributed by atoms with Crippen molar-refractivity contribution >= 4 is 16.9 Å². The first-order valence-corrected chi connectivity index (χ1v) is 8.50. The third-order valence-corrected chi connectivity index (χ3v) is 4.63. The fraction of sp³-hybridized carbons (Fsp3) is 0.238. The Morgan fingerprint density at radius 2 is 1.85 bits per heavy atom. The van der Waals surface area contributed by atoms with Crippen LogP contribution < -0.4 is 15.1 Å². The highest BCUT2D eigenvalue weighted by molar-refractivity contribution is 5.96. The van der Waals surface area contributed by atoms with Crippen LogP contribution >= 0.6 is 0 Å². The van der Waals surface area contributed by atoms with Crippen molar-refractivity contribution in [2.45, 2.75) is 19.8 Å². The van der Waals surface area contributed by atoms with Crippen molar-refractivity contribution in [1.29, 1.82) is 0 Å². The molecule has 4 rings (SSSR count). The van der Waals surface area contributed by atoms with E-state index in [2.05, 4.69) is 0 Å². The van der Waals surface area contributed by atoms with E-state index in [9.17, 15) is 9.59 Å². The number of rotatable bonds is 4. The molecule has 1 saturated carbocycles. The second-order valence-corrected chi connectivity index (χ2v) is 6.47. The number of benzene rings is 2. The van der Waals surface area contributed by atoms with Gasteiger partial charge in [-0.15, -0.1) is 0 Å². The molecular weight excluding hydrogens is 332 g/mol. The van der Waals surface area contributed by atoms with E-state index in [0.29, 0.717) is 16.9 Å². The van der Waals surface area contributed by atoms with E-state index >= 15 is 0 Å². The first-order chi connectivity index (χ1) is 12.6. The van der Waals surface area contributed by atoms with Crippen LogP contribution in [-0.4, -0.2) is 13.1 Å². The van der Waals surface area contributed by atoms with Gasteiger partial charge in [0.05, 0.1) is 13.0 Å². The van der Waals surface area contributed by atoms with Crippen molar-refractivity contribution in [2.24, 2.45) is 5.92 Å². The number of hydrogen-bond acceptors (Lipinski definition) is 5. The van der Waals surface area contributed by atoms with Crippen molar-refractivity contribution in [3.63, 3.8) is 0 Å². The predicted octanol–water partition coefficient (Wildman–Crippen LogP) is 4.09. The maximum atomic E-state index is 12.1. The van der Waals surface area contributed by atoms with Crippen LogP contribution in [0.1, 0.15) is 18.4 Å². The molecule has 0 bridgehead atoms. The SMILES string of the molecule is COc1ccc(-c2cc(=O)oc3c(C)c(OC(=O)C4CC4)ccc23)cc1. The monoisotopic (exact) mass is 350 g/mol. The fourth-order valence-electron chi connectivity index (χ4n) is 2.97. The summed E-state index contributed by atoms with van der Waals surface area (Å²) in [5, 5.41) is 0.790. The van der Waals surface area contributed by atoms with E-state index in [1.165, 1.54) is 6.07 Å². The molecule has 1 heterocycles. The number of aryl methyl sites for hydroxylation is 1. The standard InChI is InChI=1S/C21H18O5/c1-12-18(25-21(23)14-3-4-14)10-9-16-17(11-19(22)26-20(12)16)13-5-7-15(24-2)8-6-13/h5-11,14H,3-4H2,1-2H3. The Labute approximate surface area is 150 Å². The molecule has 0 saturated heterocycles. The molecule has 0 unspecified atom stereocenters. The normalized spacial score (nSPS) is 13.6. The molecule has 26 heavy (non-hydrogen) atoms. The quantitative estimate of drug-likeness (QED) is 0.403. The van der Waals surface area contributed by atoms with Gasteiger partial charge in [0.15, 0.2) is 0 Å². The van der Waals surface area contributed by atoms with Crippen molar-refractivity contribution in [2.75, 3.05) is 7.11 Å². The lowest BCUT2D eigenvalue weighted by Crippen LogP contribution is -2.11. The van der Waals surface area contributed by atoms with Gasteiger partial charge in [-0.3, -0.25) is 4.79 Å². The molecule has 5 nitrogen and oxygen atoms in total. The molecule has 1 aliphatic rings. The summed E-state index contributed by atoms with van der Waals surface area (Å²) >= 11 is 0. The lowest BCUT2D eigenvalue weighted by atomic mass is 10.00. The Morgan fingerprint density at radius 1 is 1.12 bits per heavy atom. The van der Waals surface area contributed by atoms with E-state index in [0.717, 1.165) is 35.1 Å². The maximum Gasteiger partial charge on any atom is 0.336 e. The molecule has 1 aromatic heterocycles. The molecule has 1 aliphatic carbocycles. The number of hydrogen-bond donors (Lipinski definition) is 0. The smallest absolute Gasteiger partial charge is 0.336 e. The summed E-state index contributed by atoms with van der Waals surface area (Å²) in [5.74, 6) is 0.958. The minimum absolute atomic E-state index is 0.00254. The molecule has 132 valence electrons. The van der Waals surface area contributed by atoms with Crippen molar-refractivity contribution < 1.29 is 18.7 Å². The summed E-state index contributed by atoms with van der Waals surface area (Å²) in [6.07, 6.45) is 1.75. The van der Waals surface area contributed by atoms with E-state index in [1.807, 2.05) is 30.3 Å². The molecular formula is C21H18O5. The maximum absolute atomic E-state index is 12.1. The number of ether oxygens (including phenoxy) is 2. The molecule has 5 heteroatoms. The second-order valence-electron chi connectivity index (χ2n) is 6.47. The van der Waals surface area contributed by atoms with Gasteiger partial charge in [0.25, 0.3) is 0 Å². The summed E-state index contributed by atoms with van der Waals surface area (Å²) in [7, 11) is 1.61. The number of fused-ring (bicyclic) bond motifs is 1. The van der Waals surface area contributed by atoms with E-state index < -0.39 is 5.63 Å². The van der Waals surface area contributed by atoms with Gasteiger partial charge in [-0.1, -0.05) is 12.1 Å². The summed E-state index contributed by atoms with van der Waals surface area (Å²) in [4.78, 5) is 24.1. The molecule has 0 atom stereocenters. The van der Waals surface area contributed by atoms with Gasteiger partial charge in [-0.2, -0.15) is 0 Å². The van der Waals surface area contributed by atoms with Crippen LogP contribution in [0.3, 0.4) is 0 Å². The van der Waals surface area contributed by atoms with Crippen molar-refractivity contribution in [3.8, 4) is 22.6 Å². The van der Waals surface area contributed by atoms with Gasteiger partial charge in [0, 0.05) is 17.0 Å². The molecule has 1 fully saturated rings.